The molecule has 2 aromatic heterocycles. The molecule has 2 heterocycles. The minimum atomic E-state index is -1.09. The highest BCUT2D eigenvalue weighted by molar-refractivity contribution is 6.04. The number of aromatic amines is 1. The second-order valence-electron chi connectivity index (χ2n) is 7.89. The third-order valence-corrected chi connectivity index (χ3v) is 5.49. The highest BCUT2D eigenvalue weighted by Gasteiger charge is 2.21. The zero-order chi connectivity index (χ0) is 22.3. The van der Waals surface area contributed by atoms with E-state index >= 15 is 0 Å². The van der Waals surface area contributed by atoms with Crippen LogP contribution in [0, 0.1) is 5.82 Å². The van der Waals surface area contributed by atoms with Crippen molar-refractivity contribution in [2.24, 2.45) is 0 Å². The number of carboxylic acid groups (broad SMARTS) is 1. The monoisotopic (exact) mass is 419 g/mol. The van der Waals surface area contributed by atoms with Crippen molar-refractivity contribution in [2.45, 2.75) is 32.7 Å². The SMILES string of the molecule is C=C(CCn1c(C(C)C)c(-c2ccc(F)cc2)c2cc3cn[nH]c3cc2c1=O)C(=O)O. The molecule has 0 amide bonds. The number of nitrogens with one attached hydrogen (secondary N) is 1. The first-order chi connectivity index (χ1) is 14.8. The van der Waals surface area contributed by atoms with Crippen LogP contribution in [0.4, 0.5) is 4.39 Å². The number of rotatable bonds is 6. The molecule has 0 aliphatic rings. The van der Waals surface area contributed by atoms with Crippen LogP contribution in [0.3, 0.4) is 0 Å². The van der Waals surface area contributed by atoms with Crippen molar-refractivity contribution < 1.29 is 14.3 Å². The minimum Gasteiger partial charge on any atom is -0.478 e. The zero-order valence-corrected chi connectivity index (χ0v) is 17.3. The molecule has 4 rings (SSSR count). The Labute approximate surface area is 177 Å². The van der Waals surface area contributed by atoms with Gasteiger partial charge in [0.05, 0.1) is 11.7 Å². The number of aliphatic carboxylic acids is 1. The van der Waals surface area contributed by atoms with Crippen molar-refractivity contribution in [3.05, 3.63) is 76.6 Å². The third-order valence-electron chi connectivity index (χ3n) is 5.49. The molecule has 6 nitrogen and oxygen atoms in total. The summed E-state index contributed by atoms with van der Waals surface area (Å²) in [6.07, 6.45) is 1.83. The van der Waals surface area contributed by atoms with Gasteiger partial charge in [-0.05, 0) is 47.6 Å². The van der Waals surface area contributed by atoms with Gasteiger partial charge in [-0.2, -0.15) is 5.10 Å². The fourth-order valence-electron chi connectivity index (χ4n) is 4.00. The highest BCUT2D eigenvalue weighted by Crippen LogP contribution is 2.36. The van der Waals surface area contributed by atoms with Gasteiger partial charge in [-0.15, -0.1) is 0 Å². The summed E-state index contributed by atoms with van der Waals surface area (Å²) in [7, 11) is 0. The lowest BCUT2D eigenvalue weighted by molar-refractivity contribution is -0.132. The van der Waals surface area contributed by atoms with E-state index in [0.29, 0.717) is 5.39 Å². The van der Waals surface area contributed by atoms with Gasteiger partial charge in [0.15, 0.2) is 0 Å². The number of halogens is 1. The first-order valence-corrected chi connectivity index (χ1v) is 9.98. The third kappa shape index (κ3) is 3.63. The molecule has 0 spiro atoms. The number of carbonyl (C=O) groups is 1. The Kier molecular flexibility index (Phi) is 5.19. The van der Waals surface area contributed by atoms with Gasteiger partial charge in [0.1, 0.15) is 5.82 Å². The van der Waals surface area contributed by atoms with Crippen molar-refractivity contribution in [1.29, 1.82) is 0 Å². The number of aromatic nitrogens is 3. The molecular formula is C24H22FN3O3. The number of hydrogen-bond acceptors (Lipinski definition) is 3. The Balaban J connectivity index is 2.09. The lowest BCUT2D eigenvalue weighted by atomic mass is 9.91. The van der Waals surface area contributed by atoms with Crippen LogP contribution < -0.4 is 5.56 Å². The molecule has 4 aromatic rings. The highest BCUT2D eigenvalue weighted by atomic mass is 19.1. The summed E-state index contributed by atoms with van der Waals surface area (Å²) in [5, 5.41) is 18.3. The minimum absolute atomic E-state index is 0.0362. The van der Waals surface area contributed by atoms with Gasteiger partial charge in [-0.1, -0.05) is 32.6 Å². The summed E-state index contributed by atoms with van der Waals surface area (Å²) in [5.74, 6) is -1.48. The summed E-state index contributed by atoms with van der Waals surface area (Å²) >= 11 is 0. The number of fused-ring (bicyclic) bond motifs is 2. The number of nitrogens with zero attached hydrogens (tertiary/aromatic N) is 2. The normalized spacial score (nSPS) is 11.5. The fraction of sp³-hybridized carbons (Fsp3) is 0.208. The van der Waals surface area contributed by atoms with Gasteiger partial charge < -0.3 is 9.67 Å². The molecule has 2 aromatic carbocycles. The van der Waals surface area contributed by atoms with E-state index in [1.165, 1.54) is 12.1 Å². The zero-order valence-electron chi connectivity index (χ0n) is 17.3. The number of benzene rings is 2. The van der Waals surface area contributed by atoms with Crippen LogP contribution in [0.25, 0.3) is 32.8 Å². The summed E-state index contributed by atoms with van der Waals surface area (Å²) in [5.41, 5.74) is 2.93. The number of carboxylic acids is 1. The summed E-state index contributed by atoms with van der Waals surface area (Å²) < 4.78 is 15.3. The number of H-pyrrole nitrogens is 1. The molecule has 0 atom stereocenters. The summed E-state index contributed by atoms with van der Waals surface area (Å²) in [4.78, 5) is 24.8. The lowest BCUT2D eigenvalue weighted by Gasteiger charge is -2.23. The van der Waals surface area contributed by atoms with Gasteiger partial charge in [0.25, 0.3) is 5.56 Å². The first kappa shape index (κ1) is 20.5. The maximum Gasteiger partial charge on any atom is 0.331 e. The Morgan fingerprint density at radius 1 is 1.23 bits per heavy atom. The predicted octanol–water partition coefficient (Wildman–Crippen LogP) is 4.84. The van der Waals surface area contributed by atoms with Crippen molar-refractivity contribution in [1.82, 2.24) is 14.8 Å². The maximum absolute atomic E-state index is 13.6. The van der Waals surface area contributed by atoms with Crippen molar-refractivity contribution in [3.8, 4) is 11.1 Å². The molecule has 31 heavy (non-hydrogen) atoms. The molecule has 0 unspecified atom stereocenters. The van der Waals surface area contributed by atoms with Crippen LogP contribution in [0.1, 0.15) is 31.9 Å². The largest absolute Gasteiger partial charge is 0.478 e. The molecule has 0 saturated heterocycles. The average molecular weight is 419 g/mol. The quantitative estimate of drug-likeness (QED) is 0.438. The molecular weight excluding hydrogens is 397 g/mol. The summed E-state index contributed by atoms with van der Waals surface area (Å²) in [6.45, 7) is 7.73. The second-order valence-corrected chi connectivity index (χ2v) is 7.89. The van der Waals surface area contributed by atoms with E-state index in [1.54, 1.807) is 29.0 Å². The van der Waals surface area contributed by atoms with E-state index in [9.17, 15) is 19.1 Å². The van der Waals surface area contributed by atoms with E-state index in [2.05, 4.69) is 16.8 Å². The predicted molar refractivity (Wildman–Crippen MR) is 119 cm³/mol. The maximum atomic E-state index is 13.6. The molecule has 7 heteroatoms. The van der Waals surface area contributed by atoms with Gasteiger partial charge in [-0.3, -0.25) is 9.89 Å². The van der Waals surface area contributed by atoms with Crippen LogP contribution in [-0.4, -0.2) is 25.8 Å². The van der Waals surface area contributed by atoms with E-state index in [1.807, 2.05) is 19.9 Å². The number of pyridine rings is 1. The molecule has 0 aliphatic carbocycles. The number of hydrogen-bond donors (Lipinski definition) is 2. The van der Waals surface area contributed by atoms with Gasteiger partial charge in [-0.25, -0.2) is 9.18 Å². The van der Waals surface area contributed by atoms with Gasteiger partial charge >= 0.3 is 5.97 Å². The lowest BCUT2D eigenvalue weighted by Crippen LogP contribution is -2.26. The Morgan fingerprint density at radius 2 is 1.94 bits per heavy atom. The van der Waals surface area contributed by atoms with Crippen molar-refractivity contribution in [2.75, 3.05) is 0 Å². The van der Waals surface area contributed by atoms with E-state index < -0.39 is 5.97 Å². The Bertz CT molecular complexity index is 1380. The second kappa shape index (κ2) is 7.83. The molecule has 0 radical (unpaired) electrons. The van der Waals surface area contributed by atoms with E-state index in [-0.39, 0.29) is 35.8 Å². The Hall–Kier alpha value is -3.74. The van der Waals surface area contributed by atoms with Crippen LogP contribution in [-0.2, 0) is 11.3 Å². The Morgan fingerprint density at radius 3 is 2.58 bits per heavy atom. The van der Waals surface area contributed by atoms with Crippen LogP contribution in [0.15, 0.2) is 59.5 Å². The van der Waals surface area contributed by atoms with Crippen LogP contribution in [0.5, 0.6) is 0 Å². The van der Waals surface area contributed by atoms with Gasteiger partial charge in [0, 0.05) is 34.1 Å². The van der Waals surface area contributed by atoms with Crippen LogP contribution >= 0.6 is 0 Å². The van der Waals surface area contributed by atoms with Gasteiger partial charge in [0.2, 0.25) is 0 Å². The topological polar surface area (TPSA) is 88.0 Å². The molecule has 0 saturated carbocycles. The summed E-state index contributed by atoms with van der Waals surface area (Å²) in [6, 6.07) is 9.86. The fourth-order valence-corrected chi connectivity index (χ4v) is 4.00. The van der Waals surface area contributed by atoms with Crippen molar-refractivity contribution in [3.63, 3.8) is 0 Å². The molecule has 0 fully saturated rings. The van der Waals surface area contributed by atoms with Crippen molar-refractivity contribution >= 4 is 27.6 Å². The smallest absolute Gasteiger partial charge is 0.331 e. The first-order valence-electron chi connectivity index (χ1n) is 9.98. The average Bonchev–Trinajstić information content (AvgIpc) is 3.19. The molecule has 2 N–H and O–H groups in total. The standard InChI is InChI=1S/C24H22FN3O3/c1-13(2)22-21(15-4-6-17(25)7-5-15)18-10-16-12-26-27-20(16)11-19(18)23(29)28(22)9-8-14(3)24(30)31/h4-7,10-13H,3,8-9H2,1-2H3,(H,26,27)(H,30,31). The van der Waals surface area contributed by atoms with E-state index in [0.717, 1.165) is 33.1 Å². The molecule has 158 valence electrons. The molecule has 0 bridgehead atoms. The molecule has 0 aliphatic heterocycles. The van der Waals surface area contributed by atoms with Crippen LogP contribution in [0.2, 0.25) is 0 Å². The van der Waals surface area contributed by atoms with E-state index in [4.69, 9.17) is 0 Å².